The van der Waals surface area contributed by atoms with E-state index in [-0.39, 0.29) is 26.1 Å². The highest BCUT2D eigenvalue weighted by molar-refractivity contribution is 5.66. The van der Waals surface area contributed by atoms with E-state index in [1.165, 1.54) is 0 Å². The Balaban J connectivity index is 2.17. The van der Waals surface area contributed by atoms with Gasteiger partial charge in [-0.1, -0.05) is 29.8 Å². The lowest BCUT2D eigenvalue weighted by molar-refractivity contribution is -0.137. The van der Waals surface area contributed by atoms with Crippen molar-refractivity contribution in [3.05, 3.63) is 35.4 Å². The zero-order valence-corrected chi connectivity index (χ0v) is 10.2. The van der Waals surface area contributed by atoms with Crippen LogP contribution in [-0.4, -0.2) is 23.8 Å². The van der Waals surface area contributed by atoms with Crippen molar-refractivity contribution >= 4 is 12.1 Å². The van der Waals surface area contributed by atoms with Crippen LogP contribution in [0.5, 0.6) is 0 Å². The van der Waals surface area contributed by atoms with Crippen molar-refractivity contribution in [2.75, 3.05) is 6.61 Å². The van der Waals surface area contributed by atoms with E-state index >= 15 is 0 Å². The molecule has 98 valence electrons. The molecule has 1 rings (SSSR count). The number of hydrogen-bond donors (Lipinski definition) is 1. The van der Waals surface area contributed by atoms with E-state index < -0.39 is 12.1 Å². The number of benzene rings is 1. The smallest absolute Gasteiger partial charge is 0.481 e. The van der Waals surface area contributed by atoms with Gasteiger partial charge >= 0.3 is 12.1 Å². The normalized spacial score (nSPS) is 9.83. The topological polar surface area (TPSA) is 72.8 Å². The minimum atomic E-state index is -0.911. The maximum absolute atomic E-state index is 11.1. The first-order valence-corrected chi connectivity index (χ1v) is 5.65. The van der Waals surface area contributed by atoms with E-state index in [9.17, 15) is 9.59 Å². The number of rotatable bonds is 6. The standard InChI is InChI=1S/C13H16O5/c1-10-4-6-11(7-5-10)9-18-13(16)17-8-2-3-12(14)15/h4-7H,2-3,8-9H2,1H3,(H,14,15). The Morgan fingerprint density at radius 1 is 1.17 bits per heavy atom. The van der Waals surface area contributed by atoms with E-state index in [1.54, 1.807) is 0 Å². The number of carboxylic acid groups (broad SMARTS) is 1. The molecule has 0 heterocycles. The van der Waals surface area contributed by atoms with Crippen molar-refractivity contribution in [1.82, 2.24) is 0 Å². The van der Waals surface area contributed by atoms with E-state index in [0.29, 0.717) is 0 Å². The summed E-state index contributed by atoms with van der Waals surface area (Å²) in [6.07, 6.45) is -0.513. The molecular weight excluding hydrogens is 236 g/mol. The van der Waals surface area contributed by atoms with Crippen LogP contribution in [0.3, 0.4) is 0 Å². The van der Waals surface area contributed by atoms with Crippen molar-refractivity contribution in [3.63, 3.8) is 0 Å². The van der Waals surface area contributed by atoms with Crippen molar-refractivity contribution in [3.8, 4) is 0 Å². The molecule has 0 aromatic heterocycles. The molecule has 5 nitrogen and oxygen atoms in total. The van der Waals surface area contributed by atoms with Gasteiger partial charge in [0.2, 0.25) is 0 Å². The summed E-state index contributed by atoms with van der Waals surface area (Å²) >= 11 is 0. The van der Waals surface area contributed by atoms with Crippen LogP contribution in [0.4, 0.5) is 4.79 Å². The molecule has 0 spiro atoms. The molecule has 0 amide bonds. The van der Waals surface area contributed by atoms with Crippen LogP contribution in [0.15, 0.2) is 24.3 Å². The van der Waals surface area contributed by atoms with Crippen molar-refractivity contribution in [1.29, 1.82) is 0 Å². The van der Waals surface area contributed by atoms with E-state index in [4.69, 9.17) is 14.6 Å². The summed E-state index contributed by atoms with van der Waals surface area (Å²) in [6.45, 7) is 2.18. The van der Waals surface area contributed by atoms with Gasteiger partial charge in [0.25, 0.3) is 0 Å². The summed E-state index contributed by atoms with van der Waals surface area (Å²) in [6, 6.07) is 7.59. The first-order chi connectivity index (χ1) is 8.58. The second kappa shape index (κ2) is 7.32. The Bertz CT molecular complexity index is 396. The molecule has 0 fully saturated rings. The zero-order chi connectivity index (χ0) is 13.4. The quantitative estimate of drug-likeness (QED) is 0.622. The molecule has 0 aliphatic carbocycles. The van der Waals surface area contributed by atoms with E-state index in [0.717, 1.165) is 11.1 Å². The second-order valence-corrected chi connectivity index (χ2v) is 3.87. The summed E-state index contributed by atoms with van der Waals surface area (Å²) in [5.41, 5.74) is 2.01. The summed E-state index contributed by atoms with van der Waals surface area (Å²) in [4.78, 5) is 21.3. The highest BCUT2D eigenvalue weighted by Crippen LogP contribution is 2.05. The Morgan fingerprint density at radius 3 is 2.44 bits per heavy atom. The van der Waals surface area contributed by atoms with Crippen LogP contribution < -0.4 is 0 Å². The first kappa shape index (κ1) is 14.0. The Morgan fingerprint density at radius 2 is 1.83 bits per heavy atom. The highest BCUT2D eigenvalue weighted by atomic mass is 16.7. The molecule has 5 heteroatoms. The Kier molecular flexibility index (Phi) is 5.70. The molecule has 0 saturated carbocycles. The lowest BCUT2D eigenvalue weighted by Crippen LogP contribution is -2.09. The predicted octanol–water partition coefficient (Wildman–Crippen LogP) is 2.51. The van der Waals surface area contributed by atoms with Gasteiger partial charge in [-0.05, 0) is 18.9 Å². The molecule has 1 N–H and O–H groups in total. The van der Waals surface area contributed by atoms with Crippen LogP contribution in [0.1, 0.15) is 24.0 Å². The van der Waals surface area contributed by atoms with Gasteiger partial charge in [-0.15, -0.1) is 0 Å². The van der Waals surface area contributed by atoms with Gasteiger partial charge in [0.05, 0.1) is 6.61 Å². The van der Waals surface area contributed by atoms with Crippen molar-refractivity contribution in [2.24, 2.45) is 0 Å². The van der Waals surface area contributed by atoms with E-state index in [2.05, 4.69) is 0 Å². The van der Waals surface area contributed by atoms with Crippen LogP contribution >= 0.6 is 0 Å². The molecule has 0 aliphatic rings. The minimum absolute atomic E-state index is 0.0226. The number of carbonyl (C=O) groups excluding carboxylic acids is 1. The van der Waals surface area contributed by atoms with Crippen LogP contribution in [0.2, 0.25) is 0 Å². The fraction of sp³-hybridized carbons (Fsp3) is 0.385. The third kappa shape index (κ3) is 5.89. The van der Waals surface area contributed by atoms with Crippen molar-refractivity contribution < 1.29 is 24.2 Å². The number of ether oxygens (including phenoxy) is 2. The third-order valence-corrected chi connectivity index (χ3v) is 2.23. The average molecular weight is 252 g/mol. The van der Waals surface area contributed by atoms with Crippen LogP contribution in [0, 0.1) is 6.92 Å². The van der Waals surface area contributed by atoms with Gasteiger partial charge in [0, 0.05) is 6.42 Å². The van der Waals surface area contributed by atoms with Gasteiger partial charge in [0.1, 0.15) is 6.61 Å². The lowest BCUT2D eigenvalue weighted by Gasteiger charge is -2.06. The molecule has 1 aromatic carbocycles. The molecule has 18 heavy (non-hydrogen) atoms. The Hall–Kier alpha value is -2.04. The van der Waals surface area contributed by atoms with Crippen molar-refractivity contribution in [2.45, 2.75) is 26.4 Å². The molecule has 0 atom stereocenters. The highest BCUT2D eigenvalue weighted by Gasteiger charge is 2.05. The van der Waals surface area contributed by atoms with Gasteiger partial charge in [-0.3, -0.25) is 4.79 Å². The molecule has 0 bridgehead atoms. The average Bonchev–Trinajstić information content (AvgIpc) is 2.34. The maximum atomic E-state index is 11.1. The minimum Gasteiger partial charge on any atom is -0.481 e. The summed E-state index contributed by atoms with van der Waals surface area (Å²) in [5, 5.41) is 8.38. The molecule has 0 unspecified atom stereocenters. The van der Waals surface area contributed by atoms with Gasteiger partial charge in [0.15, 0.2) is 0 Å². The maximum Gasteiger partial charge on any atom is 0.508 e. The molecule has 0 aliphatic heterocycles. The summed E-state index contributed by atoms with van der Waals surface area (Å²) in [5.74, 6) is -0.911. The number of carboxylic acids is 1. The Labute approximate surface area is 105 Å². The van der Waals surface area contributed by atoms with Gasteiger partial charge in [-0.25, -0.2) is 4.79 Å². The number of aliphatic carboxylic acids is 1. The first-order valence-electron chi connectivity index (χ1n) is 5.65. The van der Waals surface area contributed by atoms with Crippen LogP contribution in [0.25, 0.3) is 0 Å². The number of aryl methyl sites for hydroxylation is 1. The summed E-state index contributed by atoms with van der Waals surface area (Å²) in [7, 11) is 0. The van der Waals surface area contributed by atoms with E-state index in [1.807, 2.05) is 31.2 Å². The SMILES string of the molecule is Cc1ccc(COC(=O)OCCCC(=O)O)cc1. The molecule has 0 saturated heterocycles. The molecule has 0 radical (unpaired) electrons. The largest absolute Gasteiger partial charge is 0.508 e. The number of hydrogen-bond acceptors (Lipinski definition) is 4. The van der Waals surface area contributed by atoms with Gasteiger partial charge < -0.3 is 14.6 Å². The van der Waals surface area contributed by atoms with Crippen LogP contribution in [-0.2, 0) is 20.9 Å². The monoisotopic (exact) mass is 252 g/mol. The fourth-order valence-electron chi connectivity index (χ4n) is 1.25. The fourth-order valence-corrected chi connectivity index (χ4v) is 1.25. The van der Waals surface area contributed by atoms with Gasteiger partial charge in [-0.2, -0.15) is 0 Å². The predicted molar refractivity (Wildman–Crippen MR) is 64.2 cm³/mol. The summed E-state index contributed by atoms with van der Waals surface area (Å²) < 4.78 is 9.58. The molecular formula is C13H16O5. The molecule has 1 aromatic rings. The third-order valence-electron chi connectivity index (χ3n) is 2.23. The zero-order valence-electron chi connectivity index (χ0n) is 10.2. The number of carbonyl (C=O) groups is 2. The lowest BCUT2D eigenvalue weighted by atomic mass is 10.2. The second-order valence-electron chi connectivity index (χ2n) is 3.87.